The van der Waals surface area contributed by atoms with Crippen molar-refractivity contribution >= 4 is 7.68 Å². The molecule has 2 aliphatic carbocycles. The number of hydrogen-bond acceptors (Lipinski definition) is 0. The van der Waals surface area contributed by atoms with Crippen molar-refractivity contribution in [2.75, 3.05) is 0 Å². The monoisotopic (exact) mass is 404 g/mol. The van der Waals surface area contributed by atoms with E-state index in [2.05, 4.69) is 75.4 Å². The average molecular weight is 405 g/mol. The molecule has 0 N–H and O–H groups in total. The standard InChI is InChI=1S/C13H9.C6H7.C3H6.2ClH.Ti/c1-3-7-12-10(5-1)9-11-6-2-4-8-13(11)12;1-6-4-2-3-5-6;1-3-2;;;/h1-5,7-8H,9H2;2,4H,3H2,1H3;1-2H3;2*1H;/q;;;;;+2/p-2. The summed E-state index contributed by atoms with van der Waals surface area (Å²) in [6, 6.07) is 15.9. The predicted octanol–water partition coefficient (Wildman–Crippen LogP) is -1.04. The minimum Gasteiger partial charge on any atom is -1.00 e. The molecule has 0 saturated carbocycles. The zero-order valence-electron chi connectivity index (χ0n) is 14.9. The molecule has 128 valence electrons. The van der Waals surface area contributed by atoms with Gasteiger partial charge in [-0.3, -0.25) is 0 Å². The van der Waals surface area contributed by atoms with Crippen molar-refractivity contribution in [2.24, 2.45) is 0 Å². The fraction of sp³-hybridized carbons (Fsp3) is 0.227. The van der Waals surface area contributed by atoms with Crippen LogP contribution in [0.2, 0.25) is 0 Å². The van der Waals surface area contributed by atoms with E-state index in [0.717, 1.165) is 6.42 Å². The Morgan fingerprint density at radius 3 is 2.32 bits per heavy atom. The van der Waals surface area contributed by atoms with E-state index in [0.29, 0.717) is 0 Å². The smallest absolute Gasteiger partial charge is 1.00 e. The molecule has 0 heterocycles. The molecule has 0 aromatic heterocycles. The number of hydrogen-bond donors (Lipinski definition) is 0. The summed E-state index contributed by atoms with van der Waals surface area (Å²) in [5.41, 5.74) is 7.56. The van der Waals surface area contributed by atoms with Gasteiger partial charge in [0.2, 0.25) is 0 Å². The number of fused-ring (bicyclic) bond motifs is 3. The predicted molar refractivity (Wildman–Crippen MR) is 97.1 cm³/mol. The maximum Gasteiger partial charge on any atom is -1.00 e. The van der Waals surface area contributed by atoms with Gasteiger partial charge in [0.25, 0.3) is 0 Å². The zero-order valence-corrected chi connectivity index (χ0v) is 17.9. The van der Waals surface area contributed by atoms with E-state index >= 15 is 0 Å². The van der Waals surface area contributed by atoms with Gasteiger partial charge in [-0.05, 0) is 0 Å². The van der Waals surface area contributed by atoms with Crippen LogP contribution >= 0.6 is 0 Å². The summed E-state index contributed by atoms with van der Waals surface area (Å²) in [5, 5.41) is 0. The Bertz CT molecular complexity index is 900. The van der Waals surface area contributed by atoms with Crippen LogP contribution in [0.1, 0.15) is 38.3 Å². The minimum atomic E-state index is -1.55. The van der Waals surface area contributed by atoms with E-state index in [4.69, 9.17) is 0 Å². The van der Waals surface area contributed by atoms with Gasteiger partial charge < -0.3 is 24.8 Å². The maximum atomic E-state index is 2.42. The van der Waals surface area contributed by atoms with Gasteiger partial charge in [-0.2, -0.15) is 0 Å². The van der Waals surface area contributed by atoms with E-state index < -0.39 is 17.4 Å². The van der Waals surface area contributed by atoms with Crippen LogP contribution < -0.4 is 28.7 Å². The molecule has 0 bridgehead atoms. The van der Waals surface area contributed by atoms with Gasteiger partial charge in [-0.25, -0.2) is 0 Å². The Morgan fingerprint density at radius 1 is 0.920 bits per heavy atom. The molecule has 0 nitrogen and oxygen atoms in total. The van der Waals surface area contributed by atoms with Gasteiger partial charge in [0.15, 0.2) is 0 Å². The summed E-state index contributed by atoms with van der Waals surface area (Å²) in [7, 11) is 0. The SMILES string of the molecule is CC1=[C]([Ti+2](=[C](C)C)[c]2cccc3c2Cc2ccccc2-3)CC=C1.[Cl-].[Cl-]. The molecule has 2 aromatic carbocycles. The van der Waals surface area contributed by atoms with Crippen LogP contribution in [0.3, 0.4) is 0 Å². The summed E-state index contributed by atoms with van der Waals surface area (Å²) in [4.78, 5) is 0. The van der Waals surface area contributed by atoms with Gasteiger partial charge in [0.05, 0.1) is 0 Å². The third-order valence-corrected chi connectivity index (χ3v) is 10.1. The first-order valence-corrected chi connectivity index (χ1v) is 10.8. The molecule has 2 aromatic rings. The molecule has 0 unspecified atom stereocenters. The minimum absolute atomic E-state index is 0. The van der Waals surface area contributed by atoms with Gasteiger partial charge in [-0.15, -0.1) is 0 Å². The third-order valence-electron chi connectivity index (χ3n) is 5.09. The van der Waals surface area contributed by atoms with E-state index in [1.165, 1.54) is 28.7 Å². The molecule has 2 aliphatic rings. The van der Waals surface area contributed by atoms with Crippen LogP contribution in [0, 0.1) is 0 Å². The van der Waals surface area contributed by atoms with E-state index in [1.807, 2.05) is 0 Å². The van der Waals surface area contributed by atoms with Crippen LogP contribution in [0.25, 0.3) is 11.1 Å². The largest absolute Gasteiger partial charge is 1.00 e. The molecule has 0 spiro atoms. The first-order valence-electron chi connectivity index (χ1n) is 8.41. The Hall–Kier alpha value is -0.916. The van der Waals surface area contributed by atoms with Crippen LogP contribution in [0.4, 0.5) is 0 Å². The van der Waals surface area contributed by atoms with Crippen molar-refractivity contribution in [2.45, 2.75) is 33.6 Å². The van der Waals surface area contributed by atoms with Crippen LogP contribution in [-0.2, 0) is 23.8 Å². The van der Waals surface area contributed by atoms with Crippen molar-refractivity contribution in [3.63, 3.8) is 0 Å². The topological polar surface area (TPSA) is 0 Å². The first-order chi connectivity index (χ1) is 11.2. The Balaban J connectivity index is 0.00000113. The third kappa shape index (κ3) is 3.51. The van der Waals surface area contributed by atoms with Gasteiger partial charge >= 0.3 is 145 Å². The molecule has 25 heavy (non-hydrogen) atoms. The number of halogens is 2. The van der Waals surface area contributed by atoms with Crippen molar-refractivity contribution < 1.29 is 42.2 Å². The molecule has 0 saturated heterocycles. The zero-order chi connectivity index (χ0) is 16.0. The summed E-state index contributed by atoms with van der Waals surface area (Å²) >= 11 is -1.55. The Morgan fingerprint density at radius 2 is 1.64 bits per heavy atom. The quantitative estimate of drug-likeness (QED) is 0.478. The summed E-state index contributed by atoms with van der Waals surface area (Å²) in [5.74, 6) is 0. The van der Waals surface area contributed by atoms with Crippen LogP contribution in [-0.4, -0.2) is 3.81 Å². The molecule has 3 heteroatoms. The van der Waals surface area contributed by atoms with Crippen molar-refractivity contribution in [3.05, 3.63) is 75.2 Å². The molecular formula is C22H22Cl2Ti. The summed E-state index contributed by atoms with van der Waals surface area (Å²) in [6.45, 7) is 7.01. The van der Waals surface area contributed by atoms with Gasteiger partial charge in [0.1, 0.15) is 0 Å². The fourth-order valence-electron chi connectivity index (χ4n) is 4.04. The van der Waals surface area contributed by atoms with Crippen LogP contribution in [0.5, 0.6) is 0 Å². The average Bonchev–Trinajstić information content (AvgIpc) is 3.12. The first kappa shape index (κ1) is 20.4. The Labute approximate surface area is 169 Å². The number of benzene rings is 2. The normalized spacial score (nSPS) is 13.4. The van der Waals surface area contributed by atoms with Crippen molar-refractivity contribution in [1.82, 2.24) is 0 Å². The van der Waals surface area contributed by atoms with Crippen molar-refractivity contribution in [1.29, 1.82) is 0 Å². The second kappa shape index (κ2) is 8.19. The van der Waals surface area contributed by atoms with E-state index in [-0.39, 0.29) is 24.8 Å². The van der Waals surface area contributed by atoms with Gasteiger partial charge in [-0.1, -0.05) is 0 Å². The second-order valence-electron chi connectivity index (χ2n) is 6.81. The molecule has 0 aliphatic heterocycles. The second-order valence-corrected chi connectivity index (χ2v) is 11.3. The van der Waals surface area contributed by atoms with Gasteiger partial charge in [0, 0.05) is 0 Å². The molecule has 4 rings (SSSR count). The Kier molecular flexibility index (Phi) is 6.68. The maximum absolute atomic E-state index is 2.42. The molecule has 0 amide bonds. The number of rotatable bonds is 2. The van der Waals surface area contributed by atoms with Crippen LogP contribution in [0.15, 0.2) is 64.1 Å². The van der Waals surface area contributed by atoms with Crippen molar-refractivity contribution in [3.8, 4) is 11.1 Å². The summed E-state index contributed by atoms with van der Waals surface area (Å²) < 4.78 is 5.08. The molecule has 0 atom stereocenters. The van der Waals surface area contributed by atoms with E-state index in [9.17, 15) is 0 Å². The number of allylic oxidation sites excluding steroid dienone is 4. The molecule has 0 radical (unpaired) electrons. The molecule has 0 fully saturated rings. The summed E-state index contributed by atoms with van der Waals surface area (Å²) in [6.07, 6.45) is 6.95. The fourth-order valence-corrected chi connectivity index (χ4v) is 8.81. The molecular weight excluding hydrogens is 383 g/mol. The van der Waals surface area contributed by atoms with E-state index in [1.54, 1.807) is 17.1 Å².